The topological polar surface area (TPSA) is 199 Å². The van der Waals surface area contributed by atoms with Crippen LogP contribution in [0.25, 0.3) is 0 Å². The molecule has 4 rings (SSSR count). The molecular formula is C31H41NO16. The molecule has 3 aliphatic heterocycles. The summed E-state index contributed by atoms with van der Waals surface area (Å²) in [5.41, 5.74) is 0.644. The summed E-state index contributed by atoms with van der Waals surface area (Å²) >= 11 is 0. The number of nitrogens with one attached hydrogen (secondary N) is 1. The van der Waals surface area contributed by atoms with Crippen LogP contribution in [-0.2, 0) is 71.3 Å². The van der Waals surface area contributed by atoms with Crippen LogP contribution in [0.2, 0.25) is 0 Å². The monoisotopic (exact) mass is 683 g/mol. The lowest BCUT2D eigenvalue weighted by molar-refractivity contribution is -0.376. The van der Waals surface area contributed by atoms with Crippen LogP contribution < -0.4 is 10.1 Å². The SMILES string of the molecule is COc1ccc(C2OCC3OC(OC)C(NC(C)=O)C(OC4OC(COC(C)=O)C(OC(C)=O)C(OC(C)=O)C4OC(C)=O)C3O2)cc1. The van der Waals surface area contributed by atoms with Gasteiger partial charge in [-0.2, -0.15) is 0 Å². The number of carbonyl (C=O) groups excluding carboxylic acids is 5. The molecule has 1 aromatic rings. The van der Waals surface area contributed by atoms with E-state index >= 15 is 0 Å². The summed E-state index contributed by atoms with van der Waals surface area (Å²) in [7, 11) is 2.91. The normalized spacial score (nSPS) is 32.9. The van der Waals surface area contributed by atoms with Crippen molar-refractivity contribution in [3.8, 4) is 5.75 Å². The second kappa shape index (κ2) is 16.5. The van der Waals surface area contributed by atoms with E-state index in [2.05, 4.69) is 5.32 Å². The fraction of sp³-hybridized carbons (Fsp3) is 0.645. The minimum Gasteiger partial charge on any atom is -0.497 e. The van der Waals surface area contributed by atoms with Gasteiger partial charge in [-0.3, -0.25) is 24.0 Å². The van der Waals surface area contributed by atoms with Gasteiger partial charge >= 0.3 is 23.9 Å². The molecule has 0 aliphatic carbocycles. The Morgan fingerprint density at radius 3 is 1.94 bits per heavy atom. The van der Waals surface area contributed by atoms with Gasteiger partial charge in [0.15, 0.2) is 37.2 Å². The Bertz CT molecular complexity index is 1310. The summed E-state index contributed by atoms with van der Waals surface area (Å²) in [4.78, 5) is 61.0. The maximum atomic E-state index is 12.4. The zero-order valence-corrected chi connectivity index (χ0v) is 27.6. The summed E-state index contributed by atoms with van der Waals surface area (Å²) < 4.78 is 63.7. The number of benzene rings is 1. The molecule has 0 saturated carbocycles. The number of esters is 4. The highest BCUT2D eigenvalue weighted by molar-refractivity contribution is 5.73. The van der Waals surface area contributed by atoms with Crippen molar-refractivity contribution in [2.75, 3.05) is 27.4 Å². The number of ether oxygens (including phenoxy) is 11. The number of rotatable bonds is 11. The predicted molar refractivity (Wildman–Crippen MR) is 157 cm³/mol. The molecule has 17 heteroatoms. The van der Waals surface area contributed by atoms with Crippen molar-refractivity contribution >= 4 is 29.8 Å². The summed E-state index contributed by atoms with van der Waals surface area (Å²) in [6.07, 6.45) is -12.1. The van der Waals surface area contributed by atoms with Crippen molar-refractivity contribution in [2.24, 2.45) is 0 Å². The summed E-state index contributed by atoms with van der Waals surface area (Å²) in [6, 6.07) is 5.95. The van der Waals surface area contributed by atoms with Crippen LogP contribution in [0.3, 0.4) is 0 Å². The van der Waals surface area contributed by atoms with Crippen molar-refractivity contribution < 1.29 is 76.1 Å². The Morgan fingerprint density at radius 2 is 1.38 bits per heavy atom. The largest absolute Gasteiger partial charge is 0.497 e. The minimum atomic E-state index is -1.57. The van der Waals surface area contributed by atoms with E-state index in [1.807, 2.05) is 0 Å². The van der Waals surface area contributed by atoms with E-state index in [4.69, 9.17) is 52.1 Å². The molecule has 1 aromatic carbocycles. The van der Waals surface area contributed by atoms with Gasteiger partial charge in [0.1, 0.15) is 42.8 Å². The molecule has 0 radical (unpaired) electrons. The Morgan fingerprint density at radius 1 is 0.750 bits per heavy atom. The van der Waals surface area contributed by atoms with Crippen LogP contribution in [-0.4, -0.2) is 119 Å². The average Bonchev–Trinajstić information content (AvgIpc) is 3.02. The molecule has 1 N–H and O–H groups in total. The Hall–Kier alpha value is -3.87. The first-order valence-corrected chi connectivity index (χ1v) is 15.1. The quantitative estimate of drug-likeness (QED) is 0.249. The smallest absolute Gasteiger partial charge is 0.303 e. The van der Waals surface area contributed by atoms with E-state index < -0.39 is 104 Å². The number of hydrogen-bond donors (Lipinski definition) is 1. The summed E-state index contributed by atoms with van der Waals surface area (Å²) in [5.74, 6) is -2.92. The highest BCUT2D eigenvalue weighted by Gasteiger charge is 2.57. The fourth-order valence-electron chi connectivity index (χ4n) is 5.71. The molecule has 3 heterocycles. The first kappa shape index (κ1) is 37.0. The van der Waals surface area contributed by atoms with Gasteiger partial charge in [0.05, 0.1) is 13.7 Å². The Labute approximate surface area is 276 Å². The van der Waals surface area contributed by atoms with Gasteiger partial charge < -0.3 is 57.4 Å². The van der Waals surface area contributed by atoms with E-state index in [-0.39, 0.29) is 6.61 Å². The number of hydrogen-bond acceptors (Lipinski definition) is 16. The van der Waals surface area contributed by atoms with Crippen molar-refractivity contribution in [1.29, 1.82) is 0 Å². The Balaban J connectivity index is 1.76. The van der Waals surface area contributed by atoms with E-state index in [1.165, 1.54) is 21.1 Å². The summed E-state index contributed by atoms with van der Waals surface area (Å²) in [6.45, 7) is 5.34. The van der Waals surface area contributed by atoms with Gasteiger partial charge in [-0.05, 0) is 12.1 Å². The fourth-order valence-corrected chi connectivity index (χ4v) is 5.71. The minimum absolute atomic E-state index is 0.0203. The maximum Gasteiger partial charge on any atom is 0.303 e. The molecule has 17 nitrogen and oxygen atoms in total. The third-order valence-corrected chi connectivity index (χ3v) is 7.57. The third kappa shape index (κ3) is 9.18. The van der Waals surface area contributed by atoms with E-state index in [1.54, 1.807) is 24.3 Å². The van der Waals surface area contributed by atoms with Gasteiger partial charge in [-0.1, -0.05) is 12.1 Å². The molecule has 3 saturated heterocycles. The molecule has 3 fully saturated rings. The maximum absolute atomic E-state index is 12.4. The number of amides is 1. The standard InChI is InChI=1S/C31H41NO16/c1-14(33)32-23-26(24-22(45-30(23)39-7)13-41-29(47-24)19-8-10-20(38-6)11-9-19)48-31-28(44-18(5)37)27(43-17(4)36)25(42-16(3)35)21(46-31)12-40-15(2)34/h8-11,21-31H,12-13H2,1-7H3,(H,32,33). The molecule has 3 aliphatic rings. The molecular weight excluding hydrogens is 642 g/mol. The number of methoxy groups -OCH3 is 2. The van der Waals surface area contributed by atoms with Crippen LogP contribution in [0.1, 0.15) is 46.5 Å². The lowest BCUT2D eigenvalue weighted by Gasteiger charge is -2.51. The van der Waals surface area contributed by atoms with Gasteiger partial charge in [0.25, 0.3) is 0 Å². The van der Waals surface area contributed by atoms with E-state index in [0.717, 1.165) is 27.7 Å². The molecule has 0 spiro atoms. The van der Waals surface area contributed by atoms with Gasteiger partial charge in [0.2, 0.25) is 5.91 Å². The molecule has 11 atom stereocenters. The summed E-state index contributed by atoms with van der Waals surface area (Å²) in [5, 5.41) is 2.77. The van der Waals surface area contributed by atoms with Gasteiger partial charge in [-0.25, -0.2) is 0 Å². The van der Waals surface area contributed by atoms with Gasteiger partial charge in [-0.15, -0.1) is 0 Å². The van der Waals surface area contributed by atoms with Crippen molar-refractivity contribution in [2.45, 2.75) is 102 Å². The van der Waals surface area contributed by atoms with Crippen molar-refractivity contribution in [3.05, 3.63) is 29.8 Å². The van der Waals surface area contributed by atoms with Crippen molar-refractivity contribution in [3.63, 3.8) is 0 Å². The van der Waals surface area contributed by atoms with Crippen LogP contribution in [0.5, 0.6) is 5.75 Å². The number of carbonyl (C=O) groups is 5. The van der Waals surface area contributed by atoms with E-state index in [9.17, 15) is 24.0 Å². The zero-order chi connectivity index (χ0) is 35.1. The van der Waals surface area contributed by atoms with Crippen LogP contribution in [0.4, 0.5) is 0 Å². The first-order valence-electron chi connectivity index (χ1n) is 15.1. The van der Waals surface area contributed by atoms with Crippen LogP contribution >= 0.6 is 0 Å². The van der Waals surface area contributed by atoms with Crippen LogP contribution in [0, 0.1) is 0 Å². The van der Waals surface area contributed by atoms with Gasteiger partial charge in [0, 0.05) is 47.3 Å². The zero-order valence-electron chi connectivity index (χ0n) is 27.6. The third-order valence-electron chi connectivity index (χ3n) is 7.57. The lowest BCUT2D eigenvalue weighted by Crippen LogP contribution is -2.70. The number of fused-ring (bicyclic) bond motifs is 1. The van der Waals surface area contributed by atoms with Crippen molar-refractivity contribution in [1.82, 2.24) is 5.32 Å². The first-order chi connectivity index (χ1) is 22.8. The molecule has 11 unspecified atom stereocenters. The molecule has 48 heavy (non-hydrogen) atoms. The molecule has 1 amide bonds. The van der Waals surface area contributed by atoms with E-state index in [0.29, 0.717) is 11.3 Å². The lowest BCUT2D eigenvalue weighted by atomic mass is 9.94. The Kier molecular flexibility index (Phi) is 12.7. The predicted octanol–water partition coefficient (Wildman–Crippen LogP) is 0.454. The molecule has 266 valence electrons. The molecule has 0 aromatic heterocycles. The highest BCUT2D eigenvalue weighted by atomic mass is 16.8. The second-order valence-corrected chi connectivity index (χ2v) is 11.2. The second-order valence-electron chi connectivity index (χ2n) is 11.2. The molecule has 0 bridgehead atoms. The highest BCUT2D eigenvalue weighted by Crippen LogP contribution is 2.38. The average molecular weight is 684 g/mol. The van der Waals surface area contributed by atoms with Crippen LogP contribution in [0.15, 0.2) is 24.3 Å².